The first-order chi connectivity index (χ1) is 8.58. The molecule has 1 N–H and O–H groups in total. The summed E-state index contributed by atoms with van der Waals surface area (Å²) in [5, 5.41) is 3.67. The second-order valence-electron chi connectivity index (χ2n) is 4.89. The van der Waals surface area contributed by atoms with Crippen molar-refractivity contribution in [3.8, 4) is 0 Å². The predicted molar refractivity (Wildman–Crippen MR) is 80.2 cm³/mol. The highest BCUT2D eigenvalue weighted by molar-refractivity contribution is 7.12. The van der Waals surface area contributed by atoms with E-state index in [-0.39, 0.29) is 0 Å². The molecule has 0 aliphatic heterocycles. The fourth-order valence-corrected chi connectivity index (χ4v) is 3.41. The largest absolute Gasteiger partial charge is 0.304 e. The van der Waals surface area contributed by atoms with Crippen LogP contribution in [-0.2, 0) is 0 Å². The van der Waals surface area contributed by atoms with Gasteiger partial charge in [0.2, 0.25) is 0 Å². The number of rotatable bonds is 4. The summed E-state index contributed by atoms with van der Waals surface area (Å²) in [6.07, 6.45) is 0. The number of hydrogen-bond donors (Lipinski definition) is 1. The van der Waals surface area contributed by atoms with Crippen LogP contribution < -0.4 is 5.32 Å². The van der Waals surface area contributed by atoms with Gasteiger partial charge < -0.3 is 5.32 Å². The number of nitrogens with one attached hydrogen (secondary N) is 1. The normalized spacial score (nSPS) is 14.4. The molecular weight excluding hydrogens is 238 g/mol. The molecule has 0 saturated carbocycles. The topological polar surface area (TPSA) is 12.0 Å². The van der Waals surface area contributed by atoms with Gasteiger partial charge in [-0.3, -0.25) is 0 Å². The molecule has 18 heavy (non-hydrogen) atoms. The van der Waals surface area contributed by atoms with E-state index in [1.165, 1.54) is 20.9 Å². The second kappa shape index (κ2) is 5.68. The van der Waals surface area contributed by atoms with E-state index < -0.39 is 0 Å². The van der Waals surface area contributed by atoms with Crippen LogP contribution in [0.3, 0.4) is 0 Å². The zero-order chi connectivity index (χ0) is 13.1. The molecule has 0 aliphatic carbocycles. The highest BCUT2D eigenvalue weighted by Crippen LogP contribution is 2.27. The first-order valence-electron chi connectivity index (χ1n) is 6.46. The maximum atomic E-state index is 3.67. The van der Waals surface area contributed by atoms with Gasteiger partial charge in [0, 0.05) is 21.8 Å². The summed E-state index contributed by atoms with van der Waals surface area (Å²) in [4.78, 5) is 2.82. The Kier molecular flexibility index (Phi) is 4.20. The summed E-state index contributed by atoms with van der Waals surface area (Å²) >= 11 is 1.88. The maximum Gasteiger partial charge on any atom is 0.0308 e. The molecule has 96 valence electrons. The van der Waals surface area contributed by atoms with Crippen molar-refractivity contribution < 1.29 is 0 Å². The van der Waals surface area contributed by atoms with E-state index in [4.69, 9.17) is 0 Å². The van der Waals surface area contributed by atoms with Gasteiger partial charge in [0.25, 0.3) is 0 Å². The van der Waals surface area contributed by atoms with Crippen molar-refractivity contribution >= 4 is 11.3 Å². The smallest absolute Gasteiger partial charge is 0.0308 e. The first-order valence-corrected chi connectivity index (χ1v) is 7.27. The fraction of sp³-hybridized carbons (Fsp3) is 0.375. The van der Waals surface area contributed by atoms with Crippen molar-refractivity contribution in [2.75, 3.05) is 0 Å². The molecule has 2 aromatic rings. The fourth-order valence-electron chi connectivity index (χ4n) is 2.38. The molecule has 2 atom stereocenters. The molecule has 0 fully saturated rings. The van der Waals surface area contributed by atoms with Crippen LogP contribution >= 0.6 is 11.3 Å². The van der Waals surface area contributed by atoms with E-state index in [1.807, 2.05) is 11.3 Å². The van der Waals surface area contributed by atoms with Gasteiger partial charge in [-0.1, -0.05) is 30.3 Å². The molecule has 1 heterocycles. The molecule has 1 aromatic heterocycles. The molecule has 2 heteroatoms. The quantitative estimate of drug-likeness (QED) is 0.833. The Morgan fingerprint density at radius 3 is 2.22 bits per heavy atom. The van der Waals surface area contributed by atoms with Gasteiger partial charge in [0.05, 0.1) is 0 Å². The van der Waals surface area contributed by atoms with Crippen LogP contribution in [0.1, 0.15) is 46.8 Å². The van der Waals surface area contributed by atoms with Gasteiger partial charge in [-0.15, -0.1) is 11.3 Å². The lowest BCUT2D eigenvalue weighted by atomic mass is 10.0. The summed E-state index contributed by atoms with van der Waals surface area (Å²) < 4.78 is 0. The molecule has 2 rings (SSSR count). The molecule has 0 radical (unpaired) electrons. The van der Waals surface area contributed by atoms with Gasteiger partial charge in [0.15, 0.2) is 0 Å². The Morgan fingerprint density at radius 1 is 1.00 bits per heavy atom. The van der Waals surface area contributed by atoms with Crippen LogP contribution in [-0.4, -0.2) is 0 Å². The average molecular weight is 259 g/mol. The summed E-state index contributed by atoms with van der Waals surface area (Å²) in [5.74, 6) is 0. The highest BCUT2D eigenvalue weighted by atomic mass is 32.1. The molecular formula is C16H21NS. The van der Waals surface area contributed by atoms with Gasteiger partial charge in [0.1, 0.15) is 0 Å². The third-order valence-corrected chi connectivity index (χ3v) is 4.33. The third-order valence-electron chi connectivity index (χ3n) is 3.35. The minimum Gasteiger partial charge on any atom is -0.304 e. The number of hydrogen-bond acceptors (Lipinski definition) is 2. The summed E-state index contributed by atoms with van der Waals surface area (Å²) in [5.41, 5.74) is 2.77. The van der Waals surface area contributed by atoms with Crippen LogP contribution in [0.2, 0.25) is 0 Å². The number of thiophene rings is 1. The second-order valence-corrected chi connectivity index (χ2v) is 6.35. The highest BCUT2D eigenvalue weighted by Gasteiger charge is 2.14. The average Bonchev–Trinajstić information content (AvgIpc) is 2.69. The zero-order valence-corrected chi connectivity index (χ0v) is 12.3. The summed E-state index contributed by atoms with van der Waals surface area (Å²) in [7, 11) is 0. The summed E-state index contributed by atoms with van der Waals surface area (Å²) in [6, 6.07) is 13.7. The van der Waals surface area contributed by atoms with Crippen LogP contribution in [0.15, 0.2) is 36.4 Å². The molecule has 2 unspecified atom stereocenters. The predicted octanol–water partition coefficient (Wildman–Crippen LogP) is 4.78. The monoisotopic (exact) mass is 259 g/mol. The van der Waals surface area contributed by atoms with Crippen LogP contribution in [0.5, 0.6) is 0 Å². The van der Waals surface area contributed by atoms with E-state index in [0.717, 1.165) is 0 Å². The standard InChI is InChI=1S/C16H21NS/c1-11-10-16(14(4)18-11)13(3)17-12(2)15-8-6-5-7-9-15/h5-10,12-13,17H,1-4H3. The molecule has 0 saturated heterocycles. The molecule has 0 amide bonds. The summed E-state index contributed by atoms with van der Waals surface area (Å²) in [6.45, 7) is 8.85. The van der Waals surface area contributed by atoms with E-state index in [2.05, 4.69) is 69.4 Å². The van der Waals surface area contributed by atoms with Gasteiger partial charge in [-0.2, -0.15) is 0 Å². The third kappa shape index (κ3) is 3.01. The van der Waals surface area contributed by atoms with E-state index in [0.29, 0.717) is 12.1 Å². The Morgan fingerprint density at radius 2 is 1.67 bits per heavy atom. The van der Waals surface area contributed by atoms with E-state index in [1.54, 1.807) is 0 Å². The Bertz CT molecular complexity index is 501. The first kappa shape index (κ1) is 13.3. The molecule has 1 nitrogen and oxygen atoms in total. The number of benzene rings is 1. The van der Waals surface area contributed by atoms with Crippen molar-refractivity contribution in [3.63, 3.8) is 0 Å². The Balaban J connectivity index is 2.08. The van der Waals surface area contributed by atoms with Gasteiger partial charge >= 0.3 is 0 Å². The Labute approximate surface area is 114 Å². The molecule has 1 aromatic carbocycles. The lowest BCUT2D eigenvalue weighted by Crippen LogP contribution is -2.22. The molecule has 0 aliphatic rings. The Hall–Kier alpha value is -1.12. The minimum absolute atomic E-state index is 0.376. The number of aryl methyl sites for hydroxylation is 2. The SMILES string of the molecule is Cc1cc(C(C)NC(C)c2ccccc2)c(C)s1. The zero-order valence-electron chi connectivity index (χ0n) is 11.5. The lowest BCUT2D eigenvalue weighted by molar-refractivity contribution is 0.494. The lowest BCUT2D eigenvalue weighted by Gasteiger charge is -2.20. The van der Waals surface area contributed by atoms with Crippen molar-refractivity contribution in [2.45, 2.75) is 39.8 Å². The van der Waals surface area contributed by atoms with Crippen LogP contribution in [0.4, 0.5) is 0 Å². The van der Waals surface area contributed by atoms with E-state index >= 15 is 0 Å². The van der Waals surface area contributed by atoms with Crippen LogP contribution in [0.25, 0.3) is 0 Å². The van der Waals surface area contributed by atoms with Crippen LogP contribution in [0, 0.1) is 13.8 Å². The van der Waals surface area contributed by atoms with Crippen molar-refractivity contribution in [1.29, 1.82) is 0 Å². The van der Waals surface area contributed by atoms with Crippen molar-refractivity contribution in [3.05, 3.63) is 57.3 Å². The van der Waals surface area contributed by atoms with Crippen molar-refractivity contribution in [1.82, 2.24) is 5.32 Å². The van der Waals surface area contributed by atoms with Gasteiger partial charge in [-0.05, 0) is 44.9 Å². The maximum absolute atomic E-state index is 3.67. The molecule has 0 bridgehead atoms. The van der Waals surface area contributed by atoms with E-state index in [9.17, 15) is 0 Å². The van der Waals surface area contributed by atoms with Gasteiger partial charge in [-0.25, -0.2) is 0 Å². The molecule has 0 spiro atoms. The minimum atomic E-state index is 0.376. The van der Waals surface area contributed by atoms with Crippen molar-refractivity contribution in [2.24, 2.45) is 0 Å².